The maximum absolute atomic E-state index is 12.0. The summed E-state index contributed by atoms with van der Waals surface area (Å²) in [5, 5.41) is 2.96. The Morgan fingerprint density at radius 1 is 1.21 bits per heavy atom. The molecule has 4 heteroatoms. The molecule has 1 aliphatic rings. The maximum atomic E-state index is 12.0. The molecule has 1 aromatic rings. The Kier molecular flexibility index (Phi) is 4.99. The van der Waals surface area contributed by atoms with Gasteiger partial charge in [0.2, 0.25) is 5.91 Å². The number of benzene rings is 1. The monoisotopic (exact) mass is 324 g/mol. The van der Waals surface area contributed by atoms with Crippen LogP contribution in [0.1, 0.15) is 44.1 Å². The normalized spacial score (nSPS) is 18.0. The third kappa shape index (κ3) is 4.62. The van der Waals surface area contributed by atoms with Gasteiger partial charge in [0.15, 0.2) is 0 Å². The van der Waals surface area contributed by atoms with Gasteiger partial charge >= 0.3 is 0 Å². The van der Waals surface area contributed by atoms with E-state index in [-0.39, 0.29) is 11.4 Å². The van der Waals surface area contributed by atoms with Gasteiger partial charge in [-0.25, -0.2) is 0 Å². The van der Waals surface area contributed by atoms with Crippen molar-refractivity contribution in [2.24, 2.45) is 5.73 Å². The van der Waals surface area contributed by atoms with Crippen LogP contribution in [0, 0.1) is 0 Å². The number of amides is 1. The minimum Gasteiger partial charge on any atom is -0.352 e. The Morgan fingerprint density at radius 3 is 2.47 bits per heavy atom. The second-order valence-corrected chi connectivity index (χ2v) is 6.42. The molecular weight excluding hydrogens is 304 g/mol. The average Bonchev–Trinajstić information content (AvgIpc) is 2.38. The number of nitrogens with one attached hydrogen (secondary N) is 1. The molecule has 19 heavy (non-hydrogen) atoms. The molecule has 0 spiro atoms. The van der Waals surface area contributed by atoms with E-state index in [2.05, 4.69) is 21.2 Å². The molecule has 0 saturated heterocycles. The number of halogens is 1. The fourth-order valence-corrected chi connectivity index (χ4v) is 2.88. The summed E-state index contributed by atoms with van der Waals surface area (Å²) >= 11 is 3.39. The van der Waals surface area contributed by atoms with Crippen LogP contribution in [0.15, 0.2) is 28.7 Å². The summed E-state index contributed by atoms with van der Waals surface area (Å²) in [6.45, 7) is 0.572. The van der Waals surface area contributed by atoms with E-state index in [1.807, 2.05) is 24.3 Å². The van der Waals surface area contributed by atoms with Crippen molar-refractivity contribution in [2.45, 2.75) is 50.6 Å². The fraction of sp³-hybridized carbons (Fsp3) is 0.533. The molecule has 1 aliphatic carbocycles. The number of carbonyl (C=O) groups is 1. The Bertz CT molecular complexity index is 424. The first-order valence-corrected chi connectivity index (χ1v) is 7.67. The molecule has 0 bridgehead atoms. The largest absolute Gasteiger partial charge is 0.352 e. The minimum absolute atomic E-state index is 0.0623. The lowest BCUT2D eigenvalue weighted by Gasteiger charge is -2.32. The van der Waals surface area contributed by atoms with Crippen LogP contribution in [0.5, 0.6) is 0 Å². The van der Waals surface area contributed by atoms with E-state index < -0.39 is 0 Å². The molecule has 1 amide bonds. The van der Waals surface area contributed by atoms with Gasteiger partial charge in [0.25, 0.3) is 0 Å². The molecule has 1 saturated carbocycles. The van der Waals surface area contributed by atoms with Crippen LogP contribution >= 0.6 is 15.9 Å². The first kappa shape index (κ1) is 14.5. The maximum Gasteiger partial charge on any atom is 0.222 e. The summed E-state index contributed by atoms with van der Waals surface area (Å²) in [4.78, 5) is 12.0. The number of rotatable bonds is 4. The smallest absolute Gasteiger partial charge is 0.222 e. The topological polar surface area (TPSA) is 55.1 Å². The lowest BCUT2D eigenvalue weighted by Crippen LogP contribution is -2.45. The molecule has 104 valence electrons. The Balaban J connectivity index is 1.79. The van der Waals surface area contributed by atoms with Crippen molar-refractivity contribution in [3.63, 3.8) is 0 Å². The Labute approximate surface area is 123 Å². The van der Waals surface area contributed by atoms with Crippen molar-refractivity contribution >= 4 is 21.8 Å². The van der Waals surface area contributed by atoms with Crippen LogP contribution in [-0.2, 0) is 11.3 Å². The summed E-state index contributed by atoms with van der Waals surface area (Å²) in [7, 11) is 0. The van der Waals surface area contributed by atoms with Crippen molar-refractivity contribution < 1.29 is 4.79 Å². The average molecular weight is 325 g/mol. The molecule has 0 heterocycles. The van der Waals surface area contributed by atoms with E-state index in [1.165, 1.54) is 6.42 Å². The molecule has 2 rings (SSSR count). The lowest BCUT2D eigenvalue weighted by molar-refractivity contribution is -0.122. The van der Waals surface area contributed by atoms with Crippen molar-refractivity contribution in [3.05, 3.63) is 34.3 Å². The van der Waals surface area contributed by atoms with Crippen LogP contribution in [0.25, 0.3) is 0 Å². The summed E-state index contributed by atoms with van der Waals surface area (Å²) in [5.74, 6) is 0.0623. The van der Waals surface area contributed by atoms with Gasteiger partial charge in [-0.15, -0.1) is 0 Å². The second-order valence-electron chi connectivity index (χ2n) is 5.50. The third-order valence-corrected chi connectivity index (χ3v) is 4.29. The lowest BCUT2D eigenvalue weighted by atomic mass is 9.80. The van der Waals surface area contributed by atoms with Gasteiger partial charge in [0.05, 0.1) is 0 Å². The van der Waals surface area contributed by atoms with Gasteiger partial charge in [0, 0.05) is 23.0 Å². The molecular formula is C15H21BrN2O. The zero-order valence-corrected chi connectivity index (χ0v) is 12.7. The van der Waals surface area contributed by atoms with Crippen molar-refractivity contribution in [3.8, 4) is 0 Å². The van der Waals surface area contributed by atoms with Gasteiger partial charge in [-0.2, -0.15) is 0 Å². The van der Waals surface area contributed by atoms with E-state index >= 15 is 0 Å². The molecule has 3 nitrogen and oxygen atoms in total. The van der Waals surface area contributed by atoms with Gasteiger partial charge < -0.3 is 11.1 Å². The predicted octanol–water partition coefficient (Wildman–Crippen LogP) is 3.12. The Hall–Kier alpha value is -0.870. The van der Waals surface area contributed by atoms with Crippen molar-refractivity contribution in [2.75, 3.05) is 0 Å². The molecule has 0 atom stereocenters. The van der Waals surface area contributed by atoms with Gasteiger partial charge in [-0.05, 0) is 30.5 Å². The first-order chi connectivity index (χ1) is 9.07. The van der Waals surface area contributed by atoms with Crippen LogP contribution in [-0.4, -0.2) is 11.4 Å². The van der Waals surface area contributed by atoms with Crippen LogP contribution in [0.3, 0.4) is 0 Å². The van der Waals surface area contributed by atoms with Gasteiger partial charge in [-0.3, -0.25) is 4.79 Å². The van der Waals surface area contributed by atoms with E-state index in [0.717, 1.165) is 35.7 Å². The standard InChI is InChI=1S/C15H21BrN2O/c16-13-6-4-12(5-7-13)11-18-14(19)10-15(17)8-2-1-3-9-15/h4-7H,1-3,8-11,17H2,(H,18,19). The summed E-state index contributed by atoms with van der Waals surface area (Å²) in [6, 6.07) is 7.96. The summed E-state index contributed by atoms with van der Waals surface area (Å²) in [5.41, 5.74) is 7.11. The van der Waals surface area contributed by atoms with E-state index in [1.54, 1.807) is 0 Å². The number of nitrogens with two attached hydrogens (primary N) is 1. The van der Waals surface area contributed by atoms with Crippen molar-refractivity contribution in [1.29, 1.82) is 0 Å². The SMILES string of the molecule is NC1(CC(=O)NCc2ccc(Br)cc2)CCCCC1. The second kappa shape index (κ2) is 6.53. The molecule has 1 fully saturated rings. The van der Waals surface area contributed by atoms with Crippen LogP contribution in [0.2, 0.25) is 0 Å². The third-order valence-electron chi connectivity index (χ3n) is 3.76. The first-order valence-electron chi connectivity index (χ1n) is 6.87. The van der Waals surface area contributed by atoms with Crippen LogP contribution < -0.4 is 11.1 Å². The van der Waals surface area contributed by atoms with E-state index in [9.17, 15) is 4.79 Å². The molecule has 3 N–H and O–H groups in total. The quantitative estimate of drug-likeness (QED) is 0.894. The minimum atomic E-state index is -0.276. The number of hydrogen-bond acceptors (Lipinski definition) is 2. The highest BCUT2D eigenvalue weighted by molar-refractivity contribution is 9.10. The summed E-state index contributed by atoms with van der Waals surface area (Å²) < 4.78 is 1.05. The molecule has 0 unspecified atom stereocenters. The molecule has 0 aromatic heterocycles. The fourth-order valence-electron chi connectivity index (χ4n) is 2.62. The van der Waals surface area contributed by atoms with Gasteiger partial charge in [-0.1, -0.05) is 47.3 Å². The predicted molar refractivity (Wildman–Crippen MR) is 80.6 cm³/mol. The molecule has 0 radical (unpaired) electrons. The van der Waals surface area contributed by atoms with Crippen LogP contribution in [0.4, 0.5) is 0 Å². The number of carbonyl (C=O) groups excluding carboxylic acids is 1. The zero-order valence-electron chi connectivity index (χ0n) is 11.1. The Morgan fingerprint density at radius 2 is 1.84 bits per heavy atom. The van der Waals surface area contributed by atoms with E-state index in [4.69, 9.17) is 5.73 Å². The highest BCUT2D eigenvalue weighted by Gasteiger charge is 2.29. The highest BCUT2D eigenvalue weighted by Crippen LogP contribution is 2.28. The van der Waals surface area contributed by atoms with Crippen molar-refractivity contribution in [1.82, 2.24) is 5.32 Å². The zero-order chi connectivity index (χ0) is 13.7. The molecule has 0 aliphatic heterocycles. The number of hydrogen-bond donors (Lipinski definition) is 2. The molecule has 1 aromatic carbocycles. The highest BCUT2D eigenvalue weighted by atomic mass is 79.9. The van der Waals surface area contributed by atoms with Gasteiger partial charge in [0.1, 0.15) is 0 Å². The van der Waals surface area contributed by atoms with E-state index in [0.29, 0.717) is 13.0 Å². The summed E-state index contributed by atoms with van der Waals surface area (Å²) in [6.07, 6.45) is 5.94.